The van der Waals surface area contributed by atoms with Gasteiger partial charge in [-0.05, 0) is 56.4 Å². The summed E-state index contributed by atoms with van der Waals surface area (Å²) in [7, 11) is 1.88. The lowest BCUT2D eigenvalue weighted by atomic mass is 9.90. The minimum atomic E-state index is -0.182. The molecule has 5 aromatic rings. The van der Waals surface area contributed by atoms with Crippen molar-refractivity contribution >= 4 is 17.8 Å². The number of hydrogen-bond acceptors (Lipinski definition) is 9. The zero-order chi connectivity index (χ0) is 31.2. The monoisotopic (exact) mass is 599 g/mol. The first kappa shape index (κ1) is 29.4. The largest absolute Gasteiger partial charge is 0.351 e. The number of carbonyl (C=O) groups is 1. The van der Waals surface area contributed by atoms with Gasteiger partial charge in [0.1, 0.15) is 11.9 Å². The number of nitrogens with zero attached hydrogens (tertiary/aromatic N) is 9. The zero-order valence-corrected chi connectivity index (χ0v) is 25.1. The highest BCUT2D eigenvalue weighted by Crippen LogP contribution is 2.30. The molecule has 45 heavy (non-hydrogen) atoms. The Balaban J connectivity index is 1.17. The van der Waals surface area contributed by atoms with Crippen molar-refractivity contribution in [3.8, 4) is 28.5 Å². The van der Waals surface area contributed by atoms with Gasteiger partial charge in [-0.15, -0.1) is 0 Å². The molecule has 2 amide bonds. The molecule has 0 saturated heterocycles. The van der Waals surface area contributed by atoms with Gasteiger partial charge >= 0.3 is 6.03 Å². The summed E-state index contributed by atoms with van der Waals surface area (Å²) in [5.41, 5.74) is 5.27. The van der Waals surface area contributed by atoms with Gasteiger partial charge in [-0.25, -0.2) is 19.7 Å². The molecule has 1 aliphatic carbocycles. The normalized spacial score (nSPS) is 16.0. The van der Waals surface area contributed by atoms with Crippen molar-refractivity contribution in [3.05, 3.63) is 96.3 Å². The van der Waals surface area contributed by atoms with E-state index >= 15 is 0 Å². The molecule has 0 aliphatic heterocycles. The summed E-state index contributed by atoms with van der Waals surface area (Å²) in [5, 5.41) is 28.4. The third kappa shape index (κ3) is 6.94. The predicted octanol–water partition coefficient (Wildman–Crippen LogP) is 5.05. The van der Waals surface area contributed by atoms with Gasteiger partial charge in [-0.2, -0.15) is 20.6 Å². The Labute approximate surface area is 261 Å². The zero-order valence-electron chi connectivity index (χ0n) is 25.1. The molecule has 0 spiro atoms. The standard InChI is InChI=1S/C33H33N11O/c1-22-14-25(19-38-42-22)31-26(15-34)18-36-32(41-31)40-28-9-11-29(12-10-28)44(33(45)37-16-23-6-4-3-5-7-23)30-13-8-24(17-35-30)27-20-39-43(2)21-27/h3-8,13-14,17-21,28-29H,9-12,16H2,1-2H3,(H,37,45)(H,36,40,41). The van der Waals surface area contributed by atoms with Crippen LogP contribution in [0.1, 0.15) is 42.5 Å². The smallest absolute Gasteiger partial charge is 0.323 e. The van der Waals surface area contributed by atoms with Crippen LogP contribution in [0.2, 0.25) is 0 Å². The molecule has 0 atom stereocenters. The Hall–Kier alpha value is -5.70. The highest BCUT2D eigenvalue weighted by Gasteiger charge is 2.31. The highest BCUT2D eigenvalue weighted by molar-refractivity contribution is 5.91. The molecule has 0 bridgehead atoms. The van der Waals surface area contributed by atoms with Crippen molar-refractivity contribution in [2.45, 2.75) is 51.2 Å². The maximum atomic E-state index is 13.7. The molecule has 226 valence electrons. The lowest BCUT2D eigenvalue weighted by Crippen LogP contribution is -2.49. The average Bonchev–Trinajstić information content (AvgIpc) is 3.51. The van der Waals surface area contributed by atoms with Crippen molar-refractivity contribution in [1.29, 1.82) is 5.26 Å². The fourth-order valence-electron chi connectivity index (χ4n) is 5.60. The first-order chi connectivity index (χ1) is 22.0. The topological polar surface area (TPSA) is 150 Å². The molecular formula is C33H33N11O. The quantitative estimate of drug-likeness (QED) is 0.250. The second-order valence-electron chi connectivity index (χ2n) is 11.1. The van der Waals surface area contributed by atoms with E-state index in [2.05, 4.69) is 42.0 Å². The van der Waals surface area contributed by atoms with Gasteiger partial charge in [0.25, 0.3) is 0 Å². The number of amides is 2. The van der Waals surface area contributed by atoms with Gasteiger partial charge in [0.2, 0.25) is 5.95 Å². The molecule has 6 rings (SSSR count). The molecule has 12 heteroatoms. The van der Waals surface area contributed by atoms with E-state index in [0.717, 1.165) is 48.1 Å². The van der Waals surface area contributed by atoms with E-state index in [-0.39, 0.29) is 18.1 Å². The van der Waals surface area contributed by atoms with Crippen LogP contribution in [-0.2, 0) is 13.6 Å². The summed E-state index contributed by atoms with van der Waals surface area (Å²) in [6.07, 6.45) is 11.8. The van der Waals surface area contributed by atoms with Crippen LogP contribution < -0.4 is 15.5 Å². The molecule has 0 radical (unpaired) electrons. The number of anilines is 2. The molecule has 0 unspecified atom stereocenters. The van der Waals surface area contributed by atoms with Gasteiger partial charge in [0, 0.05) is 54.8 Å². The van der Waals surface area contributed by atoms with Crippen LogP contribution in [0.4, 0.5) is 16.6 Å². The van der Waals surface area contributed by atoms with Crippen LogP contribution in [0.25, 0.3) is 22.4 Å². The lowest BCUT2D eigenvalue weighted by molar-refractivity contribution is 0.240. The maximum Gasteiger partial charge on any atom is 0.323 e. The summed E-state index contributed by atoms with van der Waals surface area (Å²) < 4.78 is 1.75. The van der Waals surface area contributed by atoms with E-state index in [4.69, 9.17) is 4.98 Å². The molecule has 1 aromatic carbocycles. The van der Waals surface area contributed by atoms with E-state index in [9.17, 15) is 10.1 Å². The Morgan fingerprint density at radius 3 is 2.51 bits per heavy atom. The minimum absolute atomic E-state index is 0.0427. The molecule has 4 aromatic heterocycles. The van der Waals surface area contributed by atoms with Gasteiger partial charge < -0.3 is 10.6 Å². The number of nitriles is 1. The lowest BCUT2D eigenvalue weighted by Gasteiger charge is -2.36. The predicted molar refractivity (Wildman–Crippen MR) is 170 cm³/mol. The van der Waals surface area contributed by atoms with Gasteiger partial charge in [0.15, 0.2) is 0 Å². The fraction of sp³-hybridized carbons (Fsp3) is 0.273. The molecule has 1 aliphatic rings. The van der Waals surface area contributed by atoms with Gasteiger partial charge in [-0.1, -0.05) is 30.3 Å². The Morgan fingerprint density at radius 1 is 1.00 bits per heavy atom. The third-order valence-electron chi connectivity index (χ3n) is 7.89. The molecular weight excluding hydrogens is 566 g/mol. The summed E-state index contributed by atoms with van der Waals surface area (Å²) in [5.74, 6) is 1.05. The maximum absolute atomic E-state index is 13.7. The Bertz CT molecular complexity index is 1810. The second kappa shape index (κ2) is 13.3. The van der Waals surface area contributed by atoms with E-state index < -0.39 is 0 Å². The summed E-state index contributed by atoms with van der Waals surface area (Å²) in [4.78, 5) is 29.3. The summed E-state index contributed by atoms with van der Waals surface area (Å²) >= 11 is 0. The van der Waals surface area contributed by atoms with Crippen LogP contribution >= 0.6 is 0 Å². The van der Waals surface area contributed by atoms with Crippen molar-refractivity contribution in [2.75, 3.05) is 10.2 Å². The van der Waals surface area contributed by atoms with Gasteiger partial charge in [-0.3, -0.25) is 9.58 Å². The molecule has 2 N–H and O–H groups in total. The first-order valence-corrected chi connectivity index (χ1v) is 14.9. The highest BCUT2D eigenvalue weighted by atomic mass is 16.2. The average molecular weight is 600 g/mol. The number of nitrogens with one attached hydrogen (secondary N) is 2. The van der Waals surface area contributed by atoms with Crippen molar-refractivity contribution in [1.82, 2.24) is 40.2 Å². The number of hydrogen-bond donors (Lipinski definition) is 2. The minimum Gasteiger partial charge on any atom is -0.351 e. The molecule has 1 saturated carbocycles. The number of rotatable bonds is 8. The first-order valence-electron chi connectivity index (χ1n) is 14.9. The number of aromatic nitrogens is 7. The third-order valence-corrected chi connectivity index (χ3v) is 7.89. The van der Waals surface area contributed by atoms with E-state index in [0.29, 0.717) is 35.1 Å². The van der Waals surface area contributed by atoms with E-state index in [1.807, 2.05) is 68.7 Å². The van der Waals surface area contributed by atoms with Gasteiger partial charge in [0.05, 0.1) is 35.5 Å². The van der Waals surface area contributed by atoms with Crippen molar-refractivity contribution < 1.29 is 4.79 Å². The van der Waals surface area contributed by atoms with E-state index in [1.54, 1.807) is 28.2 Å². The number of benzene rings is 1. The number of pyridine rings is 1. The number of aryl methyl sites for hydroxylation is 2. The van der Waals surface area contributed by atoms with Crippen LogP contribution in [0.5, 0.6) is 0 Å². The fourth-order valence-corrected chi connectivity index (χ4v) is 5.60. The van der Waals surface area contributed by atoms with E-state index in [1.165, 1.54) is 6.20 Å². The van der Waals surface area contributed by atoms with Crippen molar-refractivity contribution in [3.63, 3.8) is 0 Å². The molecule has 4 heterocycles. The van der Waals surface area contributed by atoms with Crippen LogP contribution in [0, 0.1) is 18.3 Å². The van der Waals surface area contributed by atoms with Crippen molar-refractivity contribution in [2.24, 2.45) is 7.05 Å². The Morgan fingerprint density at radius 2 is 1.82 bits per heavy atom. The second-order valence-corrected chi connectivity index (χ2v) is 11.1. The Kier molecular flexibility index (Phi) is 8.68. The SMILES string of the molecule is Cc1cc(-c2nc(NC3CCC(N(C(=O)NCc4ccccc4)c4ccc(-c5cnn(C)c5)cn4)CC3)ncc2C#N)cnn1. The molecule has 1 fully saturated rings. The molecule has 12 nitrogen and oxygen atoms in total. The number of carbonyl (C=O) groups excluding carboxylic acids is 1. The summed E-state index contributed by atoms with van der Waals surface area (Å²) in [6, 6.07) is 17.6. The number of urea groups is 1. The summed E-state index contributed by atoms with van der Waals surface area (Å²) in [6.45, 7) is 2.27. The van der Waals surface area contributed by atoms with Crippen LogP contribution in [0.3, 0.4) is 0 Å². The van der Waals surface area contributed by atoms with Crippen LogP contribution in [-0.4, -0.2) is 53.0 Å². The van der Waals surface area contributed by atoms with Crippen LogP contribution in [0.15, 0.2) is 79.5 Å².